The molecule has 1 fully saturated rings. The summed E-state index contributed by atoms with van der Waals surface area (Å²) in [6.07, 6.45) is 1.57. The molecule has 2 heterocycles. The SMILES string of the molecule is Cc1cscc1C=C1C(=O)NC(=S)NC1=O. The molecule has 0 aromatic carbocycles. The molecule has 1 aromatic rings. The second kappa shape index (κ2) is 4.15. The van der Waals surface area contributed by atoms with Crippen LogP contribution in [0.5, 0.6) is 0 Å². The van der Waals surface area contributed by atoms with Gasteiger partial charge in [-0.1, -0.05) is 0 Å². The molecule has 1 aliphatic heterocycles. The molecule has 1 saturated heterocycles. The summed E-state index contributed by atoms with van der Waals surface area (Å²) in [6, 6.07) is 0. The number of amides is 2. The molecule has 2 amide bonds. The summed E-state index contributed by atoms with van der Waals surface area (Å²) in [6.45, 7) is 1.92. The Labute approximate surface area is 101 Å². The summed E-state index contributed by atoms with van der Waals surface area (Å²) >= 11 is 6.22. The van der Waals surface area contributed by atoms with Gasteiger partial charge in [0.15, 0.2) is 5.11 Å². The van der Waals surface area contributed by atoms with Gasteiger partial charge < -0.3 is 0 Å². The molecule has 0 spiro atoms. The monoisotopic (exact) mass is 252 g/mol. The van der Waals surface area contributed by atoms with Gasteiger partial charge in [-0.2, -0.15) is 11.3 Å². The summed E-state index contributed by atoms with van der Waals surface area (Å²) in [5.41, 5.74) is 1.99. The van der Waals surface area contributed by atoms with Gasteiger partial charge >= 0.3 is 0 Å². The molecule has 0 unspecified atom stereocenters. The Morgan fingerprint density at radius 2 is 1.88 bits per heavy atom. The smallest absolute Gasteiger partial charge is 0.263 e. The summed E-state index contributed by atoms with van der Waals surface area (Å²) in [7, 11) is 0. The Morgan fingerprint density at radius 3 is 2.38 bits per heavy atom. The van der Waals surface area contributed by atoms with Crippen molar-refractivity contribution in [1.29, 1.82) is 0 Å². The van der Waals surface area contributed by atoms with E-state index in [1.807, 2.05) is 17.7 Å². The first-order valence-corrected chi connectivity index (χ1v) is 5.84. The fourth-order valence-corrected chi connectivity index (χ4v) is 2.27. The normalized spacial score (nSPS) is 15.8. The van der Waals surface area contributed by atoms with Crippen molar-refractivity contribution in [3.8, 4) is 0 Å². The minimum absolute atomic E-state index is 0.0502. The quantitative estimate of drug-likeness (QED) is 0.445. The van der Waals surface area contributed by atoms with Crippen LogP contribution >= 0.6 is 23.6 Å². The van der Waals surface area contributed by atoms with E-state index >= 15 is 0 Å². The predicted octanol–water partition coefficient (Wildman–Crippen LogP) is 0.971. The van der Waals surface area contributed by atoms with E-state index in [2.05, 4.69) is 10.6 Å². The first-order chi connectivity index (χ1) is 7.58. The average molecular weight is 252 g/mol. The van der Waals surface area contributed by atoms with Crippen molar-refractivity contribution in [2.45, 2.75) is 6.92 Å². The standard InChI is InChI=1S/C10H8N2O2S2/c1-5-3-16-4-6(5)2-7-8(13)11-10(15)12-9(7)14/h2-4H,1H3,(H2,11,12,13,14,15). The highest BCUT2D eigenvalue weighted by Crippen LogP contribution is 2.18. The van der Waals surface area contributed by atoms with Crippen LogP contribution in [-0.4, -0.2) is 16.9 Å². The van der Waals surface area contributed by atoms with Gasteiger partial charge in [-0.15, -0.1) is 0 Å². The highest BCUT2D eigenvalue weighted by molar-refractivity contribution is 7.80. The van der Waals surface area contributed by atoms with Crippen LogP contribution in [0, 0.1) is 6.92 Å². The molecule has 2 N–H and O–H groups in total. The molecule has 4 nitrogen and oxygen atoms in total. The molecule has 82 valence electrons. The largest absolute Gasteiger partial charge is 0.299 e. The molecular weight excluding hydrogens is 244 g/mol. The highest BCUT2D eigenvalue weighted by atomic mass is 32.1. The van der Waals surface area contributed by atoms with E-state index in [0.717, 1.165) is 11.1 Å². The first-order valence-electron chi connectivity index (χ1n) is 4.49. The molecule has 0 saturated carbocycles. The van der Waals surface area contributed by atoms with Gasteiger partial charge in [0.1, 0.15) is 5.57 Å². The van der Waals surface area contributed by atoms with Crippen molar-refractivity contribution in [3.05, 3.63) is 27.5 Å². The van der Waals surface area contributed by atoms with Crippen molar-refractivity contribution >= 4 is 46.6 Å². The second-order valence-corrected chi connectivity index (χ2v) is 4.46. The molecule has 2 rings (SSSR count). The molecule has 0 aliphatic carbocycles. The van der Waals surface area contributed by atoms with Gasteiger partial charge in [0.05, 0.1) is 0 Å². The molecular formula is C10H8N2O2S2. The fourth-order valence-electron chi connectivity index (χ4n) is 1.28. The predicted molar refractivity (Wildman–Crippen MR) is 65.9 cm³/mol. The van der Waals surface area contributed by atoms with Gasteiger partial charge in [0.2, 0.25) is 0 Å². The topological polar surface area (TPSA) is 58.2 Å². The van der Waals surface area contributed by atoms with Crippen molar-refractivity contribution in [1.82, 2.24) is 10.6 Å². The third kappa shape index (κ3) is 2.02. The Morgan fingerprint density at radius 1 is 1.25 bits per heavy atom. The number of hydrogen-bond donors (Lipinski definition) is 2. The lowest BCUT2D eigenvalue weighted by atomic mass is 10.1. The van der Waals surface area contributed by atoms with E-state index in [1.165, 1.54) is 11.3 Å². The van der Waals surface area contributed by atoms with Crippen LogP contribution in [-0.2, 0) is 9.59 Å². The molecule has 0 radical (unpaired) electrons. The van der Waals surface area contributed by atoms with Gasteiger partial charge in [-0.25, -0.2) is 0 Å². The number of carbonyl (C=O) groups is 2. The lowest BCUT2D eigenvalue weighted by Gasteiger charge is -2.16. The van der Waals surface area contributed by atoms with Crippen molar-refractivity contribution in [2.75, 3.05) is 0 Å². The first kappa shape index (κ1) is 11.0. The van der Waals surface area contributed by atoms with Crippen LogP contribution in [0.3, 0.4) is 0 Å². The number of nitrogens with one attached hydrogen (secondary N) is 2. The molecule has 6 heteroatoms. The van der Waals surface area contributed by atoms with Crippen LogP contribution in [0.15, 0.2) is 16.3 Å². The van der Waals surface area contributed by atoms with Crippen LogP contribution in [0.25, 0.3) is 6.08 Å². The Hall–Kier alpha value is -1.53. The molecule has 0 atom stereocenters. The van der Waals surface area contributed by atoms with Crippen molar-refractivity contribution in [3.63, 3.8) is 0 Å². The lowest BCUT2D eigenvalue weighted by Crippen LogP contribution is -2.51. The minimum atomic E-state index is -0.459. The van der Waals surface area contributed by atoms with Crippen LogP contribution in [0.2, 0.25) is 0 Å². The van der Waals surface area contributed by atoms with E-state index in [4.69, 9.17) is 12.2 Å². The summed E-state index contributed by atoms with van der Waals surface area (Å²) in [5, 5.41) is 8.66. The van der Waals surface area contributed by atoms with E-state index < -0.39 is 11.8 Å². The van der Waals surface area contributed by atoms with E-state index in [-0.39, 0.29) is 10.7 Å². The number of carbonyl (C=O) groups excluding carboxylic acids is 2. The summed E-state index contributed by atoms with van der Waals surface area (Å²) in [4.78, 5) is 23.1. The lowest BCUT2D eigenvalue weighted by molar-refractivity contribution is -0.123. The maximum Gasteiger partial charge on any atom is 0.263 e. The summed E-state index contributed by atoms with van der Waals surface area (Å²) < 4.78 is 0. The third-order valence-corrected chi connectivity index (χ3v) is 3.22. The number of thiocarbonyl (C=S) groups is 1. The number of aryl methyl sites for hydroxylation is 1. The molecule has 0 bridgehead atoms. The Kier molecular flexibility index (Phi) is 2.84. The van der Waals surface area contributed by atoms with E-state index in [0.29, 0.717) is 0 Å². The summed E-state index contributed by atoms with van der Waals surface area (Å²) in [5.74, 6) is -0.918. The Balaban J connectivity index is 2.37. The van der Waals surface area contributed by atoms with Crippen molar-refractivity contribution < 1.29 is 9.59 Å². The maximum atomic E-state index is 11.5. The van der Waals surface area contributed by atoms with Crippen LogP contribution < -0.4 is 10.6 Å². The second-order valence-electron chi connectivity index (χ2n) is 3.31. The number of rotatable bonds is 1. The third-order valence-electron chi connectivity index (χ3n) is 2.14. The number of thiophene rings is 1. The van der Waals surface area contributed by atoms with E-state index in [9.17, 15) is 9.59 Å². The molecule has 1 aliphatic rings. The zero-order valence-corrected chi connectivity index (χ0v) is 10.00. The van der Waals surface area contributed by atoms with Gasteiger partial charge in [-0.05, 0) is 47.1 Å². The molecule has 1 aromatic heterocycles. The van der Waals surface area contributed by atoms with Crippen LogP contribution in [0.1, 0.15) is 11.1 Å². The zero-order chi connectivity index (χ0) is 11.7. The molecule has 16 heavy (non-hydrogen) atoms. The van der Waals surface area contributed by atoms with Crippen LogP contribution in [0.4, 0.5) is 0 Å². The average Bonchev–Trinajstić information content (AvgIpc) is 2.57. The highest BCUT2D eigenvalue weighted by Gasteiger charge is 2.25. The van der Waals surface area contributed by atoms with Gasteiger partial charge in [0.25, 0.3) is 11.8 Å². The Bertz CT molecular complexity index is 495. The van der Waals surface area contributed by atoms with Gasteiger partial charge in [0, 0.05) is 0 Å². The van der Waals surface area contributed by atoms with Gasteiger partial charge in [-0.3, -0.25) is 20.2 Å². The van der Waals surface area contributed by atoms with E-state index in [1.54, 1.807) is 6.08 Å². The fraction of sp³-hybridized carbons (Fsp3) is 0.100. The van der Waals surface area contributed by atoms with Crippen molar-refractivity contribution in [2.24, 2.45) is 0 Å². The minimum Gasteiger partial charge on any atom is -0.299 e. The maximum absolute atomic E-state index is 11.5. The number of hydrogen-bond acceptors (Lipinski definition) is 4. The zero-order valence-electron chi connectivity index (χ0n) is 8.37.